The van der Waals surface area contributed by atoms with Gasteiger partial charge in [0.1, 0.15) is 0 Å². The number of benzene rings is 2. The van der Waals surface area contributed by atoms with Crippen molar-refractivity contribution >= 4 is 34.6 Å². The zero-order valence-electron chi connectivity index (χ0n) is 12.2. The molecule has 0 fully saturated rings. The third-order valence-electron chi connectivity index (χ3n) is 3.30. The SMILES string of the molecule is CC[C@H](NC(=S)Nc1ccc(Cl)cc1)c1ccc(C)cc1. The van der Waals surface area contributed by atoms with Crippen LogP contribution in [-0.2, 0) is 0 Å². The van der Waals surface area contributed by atoms with Gasteiger partial charge in [-0.3, -0.25) is 0 Å². The molecule has 2 N–H and O–H groups in total. The Morgan fingerprint density at radius 3 is 2.29 bits per heavy atom. The first-order chi connectivity index (χ1) is 10.1. The van der Waals surface area contributed by atoms with Gasteiger partial charge in [0.2, 0.25) is 0 Å². The van der Waals surface area contributed by atoms with Crippen LogP contribution in [0, 0.1) is 6.92 Å². The second-order valence-electron chi connectivity index (χ2n) is 4.98. The highest BCUT2D eigenvalue weighted by molar-refractivity contribution is 7.80. The molecule has 0 unspecified atom stereocenters. The lowest BCUT2D eigenvalue weighted by atomic mass is 10.0. The van der Waals surface area contributed by atoms with Gasteiger partial charge in [-0.1, -0.05) is 48.4 Å². The Kier molecular flexibility index (Phi) is 5.59. The van der Waals surface area contributed by atoms with Crippen LogP contribution in [0.5, 0.6) is 0 Å². The monoisotopic (exact) mass is 318 g/mol. The molecule has 0 amide bonds. The van der Waals surface area contributed by atoms with E-state index in [4.69, 9.17) is 23.8 Å². The Morgan fingerprint density at radius 2 is 1.71 bits per heavy atom. The third kappa shape index (κ3) is 4.73. The standard InChI is InChI=1S/C17H19ClN2S/c1-3-16(13-6-4-12(2)5-7-13)20-17(21)19-15-10-8-14(18)9-11-15/h4-11,16H,3H2,1-2H3,(H2,19,20,21)/t16-/m0/s1. The lowest BCUT2D eigenvalue weighted by molar-refractivity contribution is 0.629. The van der Waals surface area contributed by atoms with Crippen molar-refractivity contribution in [3.63, 3.8) is 0 Å². The minimum absolute atomic E-state index is 0.206. The van der Waals surface area contributed by atoms with E-state index in [0.717, 1.165) is 12.1 Å². The summed E-state index contributed by atoms with van der Waals surface area (Å²) in [5.74, 6) is 0. The van der Waals surface area contributed by atoms with Crippen LogP contribution < -0.4 is 10.6 Å². The lowest BCUT2D eigenvalue weighted by Gasteiger charge is -2.20. The van der Waals surface area contributed by atoms with E-state index in [9.17, 15) is 0 Å². The number of halogens is 1. The van der Waals surface area contributed by atoms with Crippen molar-refractivity contribution in [1.82, 2.24) is 5.32 Å². The molecule has 2 rings (SSSR count). The van der Waals surface area contributed by atoms with Crippen LogP contribution in [0.2, 0.25) is 5.02 Å². The van der Waals surface area contributed by atoms with Gasteiger partial charge in [-0.15, -0.1) is 0 Å². The van der Waals surface area contributed by atoms with Crippen molar-refractivity contribution in [2.75, 3.05) is 5.32 Å². The summed E-state index contributed by atoms with van der Waals surface area (Å²) in [6, 6.07) is 16.2. The molecule has 0 bridgehead atoms. The average molecular weight is 319 g/mol. The maximum Gasteiger partial charge on any atom is 0.171 e. The van der Waals surface area contributed by atoms with Gasteiger partial charge in [0.25, 0.3) is 0 Å². The zero-order valence-corrected chi connectivity index (χ0v) is 13.8. The highest BCUT2D eigenvalue weighted by Gasteiger charge is 2.10. The fourth-order valence-corrected chi connectivity index (χ4v) is 2.46. The average Bonchev–Trinajstić information content (AvgIpc) is 2.48. The van der Waals surface area contributed by atoms with Crippen molar-refractivity contribution in [3.8, 4) is 0 Å². The van der Waals surface area contributed by atoms with Crippen LogP contribution >= 0.6 is 23.8 Å². The van der Waals surface area contributed by atoms with Crippen LogP contribution in [0.15, 0.2) is 48.5 Å². The number of aryl methyl sites for hydroxylation is 1. The number of hydrogen-bond acceptors (Lipinski definition) is 1. The van der Waals surface area contributed by atoms with E-state index in [-0.39, 0.29) is 6.04 Å². The van der Waals surface area contributed by atoms with Crippen LogP contribution in [0.1, 0.15) is 30.5 Å². The Hall–Kier alpha value is -1.58. The molecule has 0 heterocycles. The van der Waals surface area contributed by atoms with Gasteiger partial charge < -0.3 is 10.6 Å². The number of thiocarbonyl (C=S) groups is 1. The molecule has 0 saturated carbocycles. The normalized spacial score (nSPS) is 11.8. The van der Waals surface area contributed by atoms with Gasteiger partial charge in [0.05, 0.1) is 6.04 Å². The smallest absolute Gasteiger partial charge is 0.171 e. The van der Waals surface area contributed by atoms with Crippen molar-refractivity contribution in [2.24, 2.45) is 0 Å². The molecule has 0 aliphatic rings. The third-order valence-corrected chi connectivity index (χ3v) is 3.77. The molecule has 0 saturated heterocycles. The van der Waals surface area contributed by atoms with Crippen LogP contribution in [0.4, 0.5) is 5.69 Å². The van der Waals surface area contributed by atoms with Crippen LogP contribution in [0.25, 0.3) is 0 Å². The van der Waals surface area contributed by atoms with E-state index >= 15 is 0 Å². The molecule has 2 nitrogen and oxygen atoms in total. The first-order valence-corrected chi connectivity index (χ1v) is 7.76. The van der Waals surface area contributed by atoms with E-state index in [1.165, 1.54) is 11.1 Å². The summed E-state index contributed by atoms with van der Waals surface area (Å²) >= 11 is 11.3. The Balaban J connectivity index is 1.99. The fourth-order valence-electron chi connectivity index (χ4n) is 2.08. The van der Waals surface area contributed by atoms with E-state index in [1.54, 1.807) is 0 Å². The van der Waals surface area contributed by atoms with Crippen molar-refractivity contribution in [3.05, 3.63) is 64.7 Å². The maximum atomic E-state index is 5.87. The molecular weight excluding hydrogens is 300 g/mol. The zero-order chi connectivity index (χ0) is 15.2. The molecule has 110 valence electrons. The Morgan fingerprint density at radius 1 is 1.10 bits per heavy atom. The van der Waals surface area contributed by atoms with Gasteiger partial charge in [-0.05, 0) is 55.4 Å². The number of anilines is 1. The topological polar surface area (TPSA) is 24.1 Å². The molecule has 4 heteroatoms. The minimum atomic E-state index is 0.206. The summed E-state index contributed by atoms with van der Waals surface area (Å²) in [7, 11) is 0. The van der Waals surface area contributed by atoms with Gasteiger partial charge in [-0.2, -0.15) is 0 Å². The second-order valence-corrected chi connectivity index (χ2v) is 5.82. The highest BCUT2D eigenvalue weighted by atomic mass is 35.5. The molecular formula is C17H19ClN2S. The first-order valence-electron chi connectivity index (χ1n) is 6.98. The van der Waals surface area contributed by atoms with Gasteiger partial charge in [-0.25, -0.2) is 0 Å². The van der Waals surface area contributed by atoms with Gasteiger partial charge in [0, 0.05) is 10.7 Å². The summed E-state index contributed by atoms with van der Waals surface area (Å²) in [5, 5.41) is 7.86. The summed E-state index contributed by atoms with van der Waals surface area (Å²) in [6.45, 7) is 4.23. The minimum Gasteiger partial charge on any atom is -0.356 e. The van der Waals surface area contributed by atoms with Gasteiger partial charge >= 0.3 is 0 Å². The molecule has 1 atom stereocenters. The van der Waals surface area contributed by atoms with Crippen molar-refractivity contribution < 1.29 is 0 Å². The molecule has 0 aliphatic heterocycles. The van der Waals surface area contributed by atoms with Crippen LogP contribution in [0.3, 0.4) is 0 Å². The molecule has 0 aromatic heterocycles. The number of rotatable bonds is 4. The van der Waals surface area contributed by atoms with Crippen molar-refractivity contribution in [2.45, 2.75) is 26.3 Å². The highest BCUT2D eigenvalue weighted by Crippen LogP contribution is 2.18. The van der Waals surface area contributed by atoms with Crippen molar-refractivity contribution in [1.29, 1.82) is 0 Å². The summed E-state index contributed by atoms with van der Waals surface area (Å²) in [6.07, 6.45) is 0.964. The Bertz CT molecular complexity index is 593. The maximum absolute atomic E-state index is 5.87. The van der Waals surface area contributed by atoms with E-state index in [2.05, 4.69) is 48.7 Å². The molecule has 2 aromatic carbocycles. The number of nitrogens with one attached hydrogen (secondary N) is 2. The van der Waals surface area contributed by atoms with E-state index in [1.807, 2.05) is 24.3 Å². The summed E-state index contributed by atoms with van der Waals surface area (Å²) in [5.41, 5.74) is 3.43. The largest absolute Gasteiger partial charge is 0.356 e. The fraction of sp³-hybridized carbons (Fsp3) is 0.235. The second kappa shape index (κ2) is 7.43. The van der Waals surface area contributed by atoms with E-state index < -0.39 is 0 Å². The summed E-state index contributed by atoms with van der Waals surface area (Å²) < 4.78 is 0. The lowest BCUT2D eigenvalue weighted by Crippen LogP contribution is -2.32. The molecule has 0 aliphatic carbocycles. The molecule has 0 radical (unpaired) electrons. The molecule has 21 heavy (non-hydrogen) atoms. The summed E-state index contributed by atoms with van der Waals surface area (Å²) in [4.78, 5) is 0. The molecule has 0 spiro atoms. The molecule has 2 aromatic rings. The van der Waals surface area contributed by atoms with E-state index in [0.29, 0.717) is 10.1 Å². The van der Waals surface area contributed by atoms with Gasteiger partial charge in [0.15, 0.2) is 5.11 Å². The Labute approximate surface area is 136 Å². The predicted octanol–water partition coefficient (Wildman–Crippen LogP) is 5.09. The first kappa shape index (κ1) is 15.8. The quantitative estimate of drug-likeness (QED) is 0.768. The van der Waals surface area contributed by atoms with Crippen LogP contribution in [-0.4, -0.2) is 5.11 Å². The predicted molar refractivity (Wildman–Crippen MR) is 95.0 cm³/mol. The number of hydrogen-bond donors (Lipinski definition) is 2.